The minimum Gasteiger partial charge on any atom is -0.383 e. The van der Waals surface area contributed by atoms with Crippen molar-refractivity contribution in [2.24, 2.45) is 7.05 Å². The van der Waals surface area contributed by atoms with Crippen LogP contribution in [0.4, 0.5) is 4.39 Å². The lowest BCUT2D eigenvalue weighted by Crippen LogP contribution is -2.41. The first-order valence-electron chi connectivity index (χ1n) is 10.0. The largest absolute Gasteiger partial charge is 0.383 e. The van der Waals surface area contributed by atoms with Crippen LogP contribution in [0.25, 0.3) is 10.9 Å². The van der Waals surface area contributed by atoms with Gasteiger partial charge in [0.15, 0.2) is 0 Å². The summed E-state index contributed by atoms with van der Waals surface area (Å²) in [5.41, 5.74) is -1.28. The van der Waals surface area contributed by atoms with Gasteiger partial charge in [-0.1, -0.05) is 0 Å². The van der Waals surface area contributed by atoms with Crippen LogP contribution < -0.4 is 16.0 Å². The number of hydrogen-bond acceptors (Lipinski definition) is 6. The fraction of sp³-hybridized carbons (Fsp3) is 0.450. The molecule has 2 aromatic heterocycles. The van der Waals surface area contributed by atoms with Crippen LogP contribution in [0.3, 0.4) is 0 Å². The van der Waals surface area contributed by atoms with Crippen molar-refractivity contribution in [3.8, 4) is 0 Å². The number of ether oxygens (including phenoxy) is 1. The van der Waals surface area contributed by atoms with Gasteiger partial charge in [0.25, 0.3) is 5.56 Å². The van der Waals surface area contributed by atoms with Gasteiger partial charge in [-0.05, 0) is 31.0 Å². The summed E-state index contributed by atoms with van der Waals surface area (Å²) in [5.74, 6) is 0. The standard InChI is InChI=1S/C20H24FN5O5S/c1-24-11-14(10-22-24)12-26-18(27)16-9-15(32(29,30)23-20(13-21)5-6-20)3-4-17(16)25(19(26)28)7-8-31-2/h3-4,9-11,23H,5-8,12-13H2,1-2H3. The van der Waals surface area contributed by atoms with E-state index in [0.717, 1.165) is 4.57 Å². The Morgan fingerprint density at radius 3 is 2.59 bits per heavy atom. The summed E-state index contributed by atoms with van der Waals surface area (Å²) < 4.78 is 50.3. The maximum atomic E-state index is 13.2. The Bertz CT molecular complexity index is 1390. The van der Waals surface area contributed by atoms with Crippen molar-refractivity contribution in [1.82, 2.24) is 23.6 Å². The summed E-state index contributed by atoms with van der Waals surface area (Å²) in [6.45, 7) is -0.419. The van der Waals surface area contributed by atoms with Crippen LogP contribution in [-0.4, -0.2) is 53.3 Å². The molecule has 0 unspecified atom stereocenters. The molecule has 1 aliphatic rings. The van der Waals surface area contributed by atoms with Crippen LogP contribution in [0.2, 0.25) is 0 Å². The molecule has 0 spiro atoms. The van der Waals surface area contributed by atoms with E-state index in [2.05, 4.69) is 9.82 Å². The first-order valence-corrected chi connectivity index (χ1v) is 11.5. The molecule has 1 fully saturated rings. The van der Waals surface area contributed by atoms with Gasteiger partial charge in [0.1, 0.15) is 6.67 Å². The Morgan fingerprint density at radius 1 is 1.25 bits per heavy atom. The van der Waals surface area contributed by atoms with Gasteiger partial charge >= 0.3 is 5.69 Å². The minimum atomic E-state index is -4.05. The highest BCUT2D eigenvalue weighted by Gasteiger charge is 2.46. The lowest BCUT2D eigenvalue weighted by atomic mass is 10.2. The molecule has 0 atom stereocenters. The Hall–Kier alpha value is -2.83. The van der Waals surface area contributed by atoms with Crippen LogP contribution in [0.15, 0.2) is 45.1 Å². The van der Waals surface area contributed by atoms with Crippen LogP contribution in [0.5, 0.6) is 0 Å². The molecule has 172 valence electrons. The summed E-state index contributed by atoms with van der Waals surface area (Å²) >= 11 is 0. The van der Waals surface area contributed by atoms with Gasteiger partial charge < -0.3 is 4.74 Å². The highest BCUT2D eigenvalue weighted by atomic mass is 32.2. The van der Waals surface area contributed by atoms with Gasteiger partial charge in [0.05, 0.1) is 47.2 Å². The number of nitrogens with one attached hydrogen (secondary N) is 1. The third-order valence-electron chi connectivity index (χ3n) is 5.58. The van der Waals surface area contributed by atoms with Gasteiger partial charge in [0.2, 0.25) is 10.0 Å². The SMILES string of the molecule is COCCn1c(=O)n(Cc2cnn(C)c2)c(=O)c2cc(S(=O)(=O)NC3(CF)CC3)ccc21. The molecule has 0 aliphatic heterocycles. The van der Waals surface area contributed by atoms with Crippen molar-refractivity contribution in [3.05, 3.63) is 57.0 Å². The predicted molar refractivity (Wildman–Crippen MR) is 115 cm³/mol. The average molecular weight is 466 g/mol. The molecule has 32 heavy (non-hydrogen) atoms. The molecule has 0 bridgehead atoms. The molecule has 10 nitrogen and oxygen atoms in total. The van der Waals surface area contributed by atoms with E-state index < -0.39 is 33.5 Å². The smallest absolute Gasteiger partial charge is 0.331 e. The van der Waals surface area contributed by atoms with E-state index in [0.29, 0.717) is 23.9 Å². The molecule has 1 aliphatic carbocycles. The quantitative estimate of drug-likeness (QED) is 0.488. The monoisotopic (exact) mass is 465 g/mol. The highest BCUT2D eigenvalue weighted by molar-refractivity contribution is 7.89. The van der Waals surface area contributed by atoms with E-state index in [-0.39, 0.29) is 30.0 Å². The zero-order valence-electron chi connectivity index (χ0n) is 17.7. The third-order valence-corrected chi connectivity index (χ3v) is 7.16. The Balaban J connectivity index is 1.87. The molecule has 0 radical (unpaired) electrons. The van der Waals surface area contributed by atoms with Crippen LogP contribution >= 0.6 is 0 Å². The molecule has 3 aromatic rings. The lowest BCUT2D eigenvalue weighted by Gasteiger charge is -2.16. The Labute approximate surface area is 183 Å². The number of halogens is 1. The number of methoxy groups -OCH3 is 1. The average Bonchev–Trinajstić information content (AvgIpc) is 3.41. The van der Waals surface area contributed by atoms with E-state index in [1.807, 2.05) is 0 Å². The second kappa shape index (κ2) is 8.26. The molecule has 1 N–H and O–H groups in total. The van der Waals surface area contributed by atoms with Crippen molar-refractivity contribution < 1.29 is 17.5 Å². The third kappa shape index (κ3) is 4.12. The maximum absolute atomic E-state index is 13.2. The first kappa shape index (κ1) is 22.4. The van der Waals surface area contributed by atoms with Gasteiger partial charge in [-0.2, -0.15) is 5.10 Å². The van der Waals surface area contributed by atoms with E-state index >= 15 is 0 Å². The molecule has 0 amide bonds. The number of hydrogen-bond donors (Lipinski definition) is 1. The zero-order valence-corrected chi connectivity index (χ0v) is 18.6. The van der Waals surface area contributed by atoms with Gasteiger partial charge in [-0.3, -0.25) is 18.6 Å². The van der Waals surface area contributed by atoms with Crippen LogP contribution in [0.1, 0.15) is 18.4 Å². The molecule has 2 heterocycles. The number of aryl methyl sites for hydroxylation is 1. The minimum absolute atomic E-state index is 0.0192. The van der Waals surface area contributed by atoms with E-state index in [1.165, 1.54) is 29.9 Å². The van der Waals surface area contributed by atoms with Crippen LogP contribution in [-0.2, 0) is 34.9 Å². The second-order valence-corrected chi connectivity index (χ2v) is 9.72. The summed E-state index contributed by atoms with van der Waals surface area (Å²) in [6, 6.07) is 3.97. The van der Waals surface area contributed by atoms with Gasteiger partial charge in [-0.15, -0.1) is 0 Å². The number of nitrogens with zero attached hydrogens (tertiary/aromatic N) is 4. The topological polar surface area (TPSA) is 117 Å². The zero-order chi connectivity index (χ0) is 23.1. The summed E-state index contributed by atoms with van der Waals surface area (Å²) in [4.78, 5) is 26.2. The van der Waals surface area contributed by atoms with Crippen molar-refractivity contribution in [1.29, 1.82) is 0 Å². The molecular formula is C20H24FN5O5S. The normalized spacial score (nSPS) is 15.3. The molecular weight excluding hydrogens is 441 g/mol. The Kier molecular flexibility index (Phi) is 5.77. The number of benzene rings is 1. The van der Waals surface area contributed by atoms with E-state index in [4.69, 9.17) is 4.74 Å². The van der Waals surface area contributed by atoms with Crippen molar-refractivity contribution in [2.75, 3.05) is 20.4 Å². The molecule has 4 rings (SSSR count). The summed E-state index contributed by atoms with van der Waals surface area (Å²) in [7, 11) is -0.834. The van der Waals surface area contributed by atoms with Crippen LogP contribution in [0, 0.1) is 0 Å². The number of sulfonamides is 1. The van der Waals surface area contributed by atoms with Crippen molar-refractivity contribution in [3.63, 3.8) is 0 Å². The Morgan fingerprint density at radius 2 is 2.00 bits per heavy atom. The van der Waals surface area contributed by atoms with E-state index in [9.17, 15) is 22.4 Å². The molecule has 0 saturated heterocycles. The second-order valence-electron chi connectivity index (χ2n) is 8.04. The molecule has 1 aromatic carbocycles. The summed E-state index contributed by atoms with van der Waals surface area (Å²) in [5, 5.41) is 4.12. The van der Waals surface area contributed by atoms with Gasteiger partial charge in [-0.25, -0.2) is 22.3 Å². The number of alkyl halides is 1. The van der Waals surface area contributed by atoms with Crippen molar-refractivity contribution >= 4 is 20.9 Å². The highest BCUT2D eigenvalue weighted by Crippen LogP contribution is 2.37. The maximum Gasteiger partial charge on any atom is 0.331 e. The first-order chi connectivity index (χ1) is 15.2. The van der Waals surface area contributed by atoms with Crippen molar-refractivity contribution in [2.45, 2.75) is 36.4 Å². The number of rotatable bonds is 9. The molecule has 1 saturated carbocycles. The van der Waals surface area contributed by atoms with E-state index in [1.54, 1.807) is 24.1 Å². The lowest BCUT2D eigenvalue weighted by molar-refractivity contribution is 0.186. The fourth-order valence-corrected chi connectivity index (χ4v) is 5.07. The fourth-order valence-electron chi connectivity index (χ4n) is 3.60. The number of fused-ring (bicyclic) bond motifs is 1. The summed E-state index contributed by atoms with van der Waals surface area (Å²) in [6.07, 6.45) is 4.08. The molecule has 12 heteroatoms. The number of aromatic nitrogens is 4. The predicted octanol–water partition coefficient (Wildman–Crippen LogP) is 0.372. The van der Waals surface area contributed by atoms with Gasteiger partial charge in [0, 0.05) is 25.9 Å².